The summed E-state index contributed by atoms with van der Waals surface area (Å²) in [4.78, 5) is 24.8. The largest absolute Gasteiger partial charge is 0.512 e. The van der Waals surface area contributed by atoms with Gasteiger partial charge in [-0.3, -0.25) is 9.59 Å². The third-order valence-corrected chi connectivity index (χ3v) is 13.9. The average molecular weight is 515 g/mol. The van der Waals surface area contributed by atoms with Crippen molar-refractivity contribution < 1.29 is 24.5 Å². The Bertz CT molecular complexity index is 1020. The Labute approximate surface area is 223 Å². The first-order valence-electron chi connectivity index (χ1n) is 14.9. The van der Waals surface area contributed by atoms with Crippen molar-refractivity contribution in [1.29, 1.82) is 0 Å². The number of carboxylic acids is 1. The fraction of sp³-hybridized carbons (Fsp3) is 0.875. The summed E-state index contributed by atoms with van der Waals surface area (Å²) in [5, 5.41) is 22.5. The van der Waals surface area contributed by atoms with Crippen LogP contribution in [-0.2, 0) is 14.3 Å². The number of rotatable bonds is 2. The number of ether oxygens (including phenoxy) is 1. The second-order valence-corrected chi connectivity index (χ2v) is 15.3. The van der Waals surface area contributed by atoms with Crippen LogP contribution < -0.4 is 0 Å². The number of allylic oxidation sites excluding steroid dienone is 2. The molecule has 208 valence electrons. The van der Waals surface area contributed by atoms with Crippen molar-refractivity contribution in [3.63, 3.8) is 0 Å². The highest BCUT2D eigenvalue weighted by Gasteiger charge is 2.72. The Hall–Kier alpha value is -1.52. The average Bonchev–Trinajstić information content (AvgIpc) is 2.79. The van der Waals surface area contributed by atoms with Gasteiger partial charge in [0.15, 0.2) is 0 Å². The minimum absolute atomic E-state index is 0.0553. The molecule has 5 aliphatic rings. The van der Waals surface area contributed by atoms with Gasteiger partial charge in [0.1, 0.15) is 11.5 Å². The molecule has 5 heteroatoms. The van der Waals surface area contributed by atoms with E-state index in [2.05, 4.69) is 47.6 Å². The zero-order valence-electron chi connectivity index (χ0n) is 24.4. The van der Waals surface area contributed by atoms with Crippen molar-refractivity contribution >= 4 is 11.9 Å². The predicted octanol–water partition coefficient (Wildman–Crippen LogP) is 7.40. The molecular formula is C32H50O5. The van der Waals surface area contributed by atoms with E-state index in [9.17, 15) is 19.8 Å². The zero-order chi connectivity index (χ0) is 27.3. The first-order chi connectivity index (χ1) is 17.1. The molecule has 0 aromatic heterocycles. The molecule has 12 atom stereocenters. The molecule has 0 aliphatic heterocycles. The summed E-state index contributed by atoms with van der Waals surface area (Å²) in [5.74, 6) is 1.16. The molecule has 4 fully saturated rings. The topological polar surface area (TPSA) is 83.8 Å². The predicted molar refractivity (Wildman–Crippen MR) is 144 cm³/mol. The second kappa shape index (κ2) is 8.24. The first-order valence-corrected chi connectivity index (χ1v) is 14.9. The summed E-state index contributed by atoms with van der Waals surface area (Å²) < 4.78 is 5.65. The van der Waals surface area contributed by atoms with Crippen molar-refractivity contribution in [1.82, 2.24) is 0 Å². The van der Waals surface area contributed by atoms with Crippen LogP contribution in [0.4, 0.5) is 0 Å². The van der Waals surface area contributed by atoms with Gasteiger partial charge in [-0.15, -0.1) is 0 Å². The maximum absolute atomic E-state index is 12.9. The molecule has 0 bridgehead atoms. The Balaban J connectivity index is 1.61. The van der Waals surface area contributed by atoms with E-state index in [1.165, 1.54) is 26.2 Å². The van der Waals surface area contributed by atoms with E-state index in [-0.39, 0.29) is 28.1 Å². The Morgan fingerprint density at radius 2 is 1.59 bits per heavy atom. The van der Waals surface area contributed by atoms with Crippen LogP contribution in [0.25, 0.3) is 0 Å². The number of aliphatic hydroxyl groups excluding tert-OH is 1. The maximum atomic E-state index is 12.9. The molecule has 5 rings (SSSR count). The van der Waals surface area contributed by atoms with Gasteiger partial charge in [-0.1, -0.05) is 41.5 Å². The van der Waals surface area contributed by atoms with Gasteiger partial charge in [0.25, 0.3) is 0 Å². The van der Waals surface area contributed by atoms with Crippen molar-refractivity contribution in [3.05, 3.63) is 11.8 Å². The van der Waals surface area contributed by atoms with Crippen LogP contribution >= 0.6 is 0 Å². The number of carboxylic acid groups (broad SMARTS) is 1. The molecule has 0 amide bonds. The highest BCUT2D eigenvalue weighted by Crippen LogP contribution is 2.76. The molecule has 5 nitrogen and oxygen atoms in total. The summed E-state index contributed by atoms with van der Waals surface area (Å²) in [5.41, 5.74) is -1.29. The van der Waals surface area contributed by atoms with Crippen LogP contribution in [0.3, 0.4) is 0 Å². The molecule has 37 heavy (non-hydrogen) atoms. The molecule has 0 aromatic rings. The third-order valence-electron chi connectivity index (χ3n) is 13.9. The van der Waals surface area contributed by atoms with Crippen LogP contribution in [0.5, 0.6) is 0 Å². The summed E-state index contributed by atoms with van der Waals surface area (Å²) in [6.07, 6.45) is 9.55. The normalized spacial score (nSPS) is 55.0. The number of fused-ring (bicyclic) bond motifs is 7. The molecule has 0 aromatic carbocycles. The molecular weight excluding hydrogens is 464 g/mol. The van der Waals surface area contributed by atoms with E-state index in [0.717, 1.165) is 25.7 Å². The van der Waals surface area contributed by atoms with Gasteiger partial charge in [0.05, 0.1) is 5.76 Å². The van der Waals surface area contributed by atoms with Gasteiger partial charge in [-0.2, -0.15) is 0 Å². The number of hydrogen-bond donors (Lipinski definition) is 2. The van der Waals surface area contributed by atoms with Crippen LogP contribution in [-0.4, -0.2) is 28.3 Å². The minimum atomic E-state index is -1.17. The second-order valence-electron chi connectivity index (χ2n) is 15.3. The number of esters is 1. The number of carbonyl (C=O) groups is 2. The summed E-state index contributed by atoms with van der Waals surface area (Å²) in [6, 6.07) is 0. The van der Waals surface area contributed by atoms with E-state index >= 15 is 0 Å². The van der Waals surface area contributed by atoms with Gasteiger partial charge in [-0.25, -0.2) is 0 Å². The lowest BCUT2D eigenvalue weighted by atomic mass is 9.32. The van der Waals surface area contributed by atoms with Crippen molar-refractivity contribution in [2.24, 2.45) is 62.6 Å². The summed E-state index contributed by atoms with van der Waals surface area (Å²) in [6.45, 7) is 17.7. The van der Waals surface area contributed by atoms with E-state index < -0.39 is 23.5 Å². The monoisotopic (exact) mass is 514 g/mol. The molecule has 0 heterocycles. The highest BCUT2D eigenvalue weighted by molar-refractivity contribution is 5.77. The lowest BCUT2D eigenvalue weighted by Crippen LogP contribution is -2.68. The number of hydrogen-bond acceptors (Lipinski definition) is 4. The Morgan fingerprint density at radius 3 is 2.22 bits per heavy atom. The van der Waals surface area contributed by atoms with Crippen molar-refractivity contribution in [2.45, 2.75) is 113 Å². The first kappa shape index (κ1) is 27.1. The smallest absolute Gasteiger partial charge is 0.313 e. The SMILES string of the molecule is CC(=O)O[C@@H]1CC[C@@]2(C)[C@@H](CC[C@]3(C)[C@@H]2C(O)=CC2[C@@H]4[C@@H](C)[C@H](C)CC[C@]4(C)CC[C@]23C)[C@@]1(C)C(=O)O. The summed E-state index contributed by atoms with van der Waals surface area (Å²) >= 11 is 0. The molecule has 4 saturated carbocycles. The van der Waals surface area contributed by atoms with Crippen LogP contribution in [0.15, 0.2) is 11.8 Å². The zero-order valence-corrected chi connectivity index (χ0v) is 24.4. The number of aliphatic carboxylic acids is 1. The van der Waals surface area contributed by atoms with Crippen molar-refractivity contribution in [2.75, 3.05) is 0 Å². The standard InChI is InChI=1S/C32H50O5/c1-18-9-12-28(4)15-16-30(6)21(25(28)19(18)2)17-22(34)26-29(5)13-11-24(37-20(3)33)32(8,27(35)36)23(29)10-14-31(26,30)7/h17-19,21,23-26,34H,9-16H2,1-8H3,(H,35,36)/t18-,19+,21?,23-,24-,25+,26-,28-,29+,30-,31-,32-/m1/s1. The molecule has 0 saturated heterocycles. The molecule has 5 aliphatic carbocycles. The van der Waals surface area contributed by atoms with E-state index in [1.54, 1.807) is 6.92 Å². The van der Waals surface area contributed by atoms with Crippen LogP contribution in [0.2, 0.25) is 0 Å². The molecule has 0 spiro atoms. The quantitative estimate of drug-likeness (QED) is 0.375. The highest BCUT2D eigenvalue weighted by atomic mass is 16.5. The van der Waals surface area contributed by atoms with Gasteiger partial charge in [0.2, 0.25) is 0 Å². The molecule has 1 unspecified atom stereocenters. The fourth-order valence-electron chi connectivity index (χ4n) is 11.4. The minimum Gasteiger partial charge on any atom is -0.512 e. The summed E-state index contributed by atoms with van der Waals surface area (Å²) in [7, 11) is 0. The van der Waals surface area contributed by atoms with Crippen molar-refractivity contribution in [3.8, 4) is 0 Å². The lowest BCUT2D eigenvalue weighted by Gasteiger charge is -2.72. The molecule has 2 N–H and O–H groups in total. The van der Waals surface area contributed by atoms with Gasteiger partial charge in [0, 0.05) is 12.8 Å². The lowest BCUT2D eigenvalue weighted by molar-refractivity contribution is -0.239. The maximum Gasteiger partial charge on any atom is 0.313 e. The van der Waals surface area contributed by atoms with E-state index in [0.29, 0.717) is 41.3 Å². The van der Waals surface area contributed by atoms with E-state index in [1.807, 2.05) is 0 Å². The Morgan fingerprint density at radius 1 is 0.919 bits per heavy atom. The third kappa shape index (κ3) is 3.33. The molecule has 0 radical (unpaired) electrons. The number of carbonyl (C=O) groups excluding carboxylic acids is 1. The van der Waals surface area contributed by atoms with Gasteiger partial charge in [-0.05, 0) is 116 Å². The fourth-order valence-corrected chi connectivity index (χ4v) is 11.4. The van der Waals surface area contributed by atoms with Crippen LogP contribution in [0, 0.1) is 62.6 Å². The Kier molecular flexibility index (Phi) is 6.03. The van der Waals surface area contributed by atoms with E-state index in [4.69, 9.17) is 4.74 Å². The van der Waals surface area contributed by atoms with Gasteiger partial charge >= 0.3 is 11.9 Å². The van der Waals surface area contributed by atoms with Crippen LogP contribution in [0.1, 0.15) is 107 Å². The number of aliphatic hydroxyl groups is 1. The van der Waals surface area contributed by atoms with Gasteiger partial charge < -0.3 is 14.9 Å².